The smallest absolute Gasteiger partial charge is 0.356 e. The lowest BCUT2D eigenvalue weighted by Crippen LogP contribution is -2.41. The van der Waals surface area contributed by atoms with Crippen LogP contribution in [0, 0.1) is 0 Å². The summed E-state index contributed by atoms with van der Waals surface area (Å²) < 4.78 is 1.82. The zero-order valence-electron chi connectivity index (χ0n) is 14.2. The number of carbonyl (C=O) groups excluding carboxylic acids is 1. The molecule has 1 unspecified atom stereocenters. The summed E-state index contributed by atoms with van der Waals surface area (Å²) in [5.41, 5.74) is 1.20. The minimum Gasteiger partial charge on any atom is -0.476 e. The zero-order chi connectivity index (χ0) is 17.8. The first-order chi connectivity index (χ1) is 12.0. The number of urea groups is 1. The van der Waals surface area contributed by atoms with Crippen LogP contribution in [0.15, 0.2) is 36.5 Å². The van der Waals surface area contributed by atoms with Crippen molar-refractivity contribution in [3.63, 3.8) is 0 Å². The van der Waals surface area contributed by atoms with Gasteiger partial charge in [0.25, 0.3) is 0 Å². The number of fused-ring (bicyclic) bond motifs is 1. The van der Waals surface area contributed by atoms with E-state index in [0.29, 0.717) is 12.4 Å². The van der Waals surface area contributed by atoms with E-state index in [1.807, 2.05) is 34.9 Å². The van der Waals surface area contributed by atoms with Crippen LogP contribution in [0.3, 0.4) is 0 Å². The Hall–Kier alpha value is -2.83. The van der Waals surface area contributed by atoms with Gasteiger partial charge in [0.2, 0.25) is 0 Å². The molecule has 2 amide bonds. The van der Waals surface area contributed by atoms with Crippen LogP contribution in [0.4, 0.5) is 4.79 Å². The Morgan fingerprint density at radius 3 is 2.84 bits per heavy atom. The van der Waals surface area contributed by atoms with Crippen LogP contribution >= 0.6 is 0 Å². The summed E-state index contributed by atoms with van der Waals surface area (Å²) in [7, 11) is 1.76. The van der Waals surface area contributed by atoms with Gasteiger partial charge >= 0.3 is 12.0 Å². The van der Waals surface area contributed by atoms with E-state index in [-0.39, 0.29) is 17.8 Å². The molecule has 0 saturated carbocycles. The van der Waals surface area contributed by atoms with Gasteiger partial charge in [0.05, 0.1) is 6.04 Å². The maximum Gasteiger partial charge on any atom is 0.356 e. The molecule has 25 heavy (non-hydrogen) atoms. The average Bonchev–Trinajstić information content (AvgIpc) is 3.06. The van der Waals surface area contributed by atoms with E-state index in [1.54, 1.807) is 11.9 Å². The molecule has 0 bridgehead atoms. The van der Waals surface area contributed by atoms with Crippen molar-refractivity contribution in [1.82, 2.24) is 19.8 Å². The minimum atomic E-state index is -1.05. The van der Waals surface area contributed by atoms with Gasteiger partial charge in [-0.1, -0.05) is 30.3 Å². The second kappa shape index (κ2) is 7.38. The number of imidazole rings is 1. The molecule has 1 aliphatic heterocycles. The standard InChI is InChI=1S/C18H22N4O3/c1-21(11-9-13-6-3-2-4-7-13)18(25)20-14-8-5-10-22-12-15(17(23)24)19-16(14)22/h2-4,6-7,12,14H,5,8-11H2,1H3,(H,20,25)(H,23,24). The van der Waals surface area contributed by atoms with Crippen LogP contribution in [0.25, 0.3) is 0 Å². The van der Waals surface area contributed by atoms with Crippen molar-refractivity contribution in [2.75, 3.05) is 13.6 Å². The monoisotopic (exact) mass is 342 g/mol. The van der Waals surface area contributed by atoms with E-state index in [2.05, 4.69) is 10.3 Å². The molecular weight excluding hydrogens is 320 g/mol. The number of carboxylic acid groups (broad SMARTS) is 1. The number of aryl methyl sites for hydroxylation is 1. The highest BCUT2D eigenvalue weighted by molar-refractivity contribution is 5.85. The van der Waals surface area contributed by atoms with Crippen LogP contribution in [-0.2, 0) is 13.0 Å². The number of aromatic nitrogens is 2. The van der Waals surface area contributed by atoms with E-state index >= 15 is 0 Å². The number of hydrogen-bond acceptors (Lipinski definition) is 3. The first-order valence-corrected chi connectivity index (χ1v) is 8.40. The summed E-state index contributed by atoms with van der Waals surface area (Å²) in [6.45, 7) is 1.34. The Morgan fingerprint density at radius 2 is 2.12 bits per heavy atom. The first-order valence-electron chi connectivity index (χ1n) is 8.40. The molecule has 7 nitrogen and oxygen atoms in total. The van der Waals surface area contributed by atoms with Crippen molar-refractivity contribution in [2.24, 2.45) is 0 Å². The fourth-order valence-electron chi connectivity index (χ4n) is 3.02. The first kappa shape index (κ1) is 17.0. The Kier molecular flexibility index (Phi) is 5.02. The van der Waals surface area contributed by atoms with Gasteiger partial charge in [-0.2, -0.15) is 0 Å². The maximum atomic E-state index is 12.4. The largest absolute Gasteiger partial charge is 0.476 e. The van der Waals surface area contributed by atoms with E-state index in [9.17, 15) is 9.59 Å². The van der Waals surface area contributed by atoms with E-state index in [1.165, 1.54) is 11.8 Å². The molecule has 0 radical (unpaired) electrons. The molecule has 0 saturated heterocycles. The van der Waals surface area contributed by atoms with E-state index in [0.717, 1.165) is 25.8 Å². The number of carboxylic acids is 1. The van der Waals surface area contributed by atoms with Gasteiger partial charge in [-0.3, -0.25) is 0 Å². The van der Waals surface area contributed by atoms with Crippen LogP contribution in [0.5, 0.6) is 0 Å². The topological polar surface area (TPSA) is 87.5 Å². The SMILES string of the molecule is CN(CCc1ccccc1)C(=O)NC1CCCn2cc(C(=O)O)nc21. The third-order valence-electron chi connectivity index (χ3n) is 4.45. The lowest BCUT2D eigenvalue weighted by molar-refractivity contribution is 0.0691. The number of nitrogens with one attached hydrogen (secondary N) is 1. The highest BCUT2D eigenvalue weighted by Gasteiger charge is 2.26. The third kappa shape index (κ3) is 3.99. The summed E-state index contributed by atoms with van der Waals surface area (Å²) in [4.78, 5) is 29.4. The summed E-state index contributed by atoms with van der Waals surface area (Å²) in [6.07, 6.45) is 3.96. The number of amides is 2. The van der Waals surface area contributed by atoms with Gasteiger partial charge in [0.1, 0.15) is 5.82 Å². The Bertz CT molecular complexity index is 757. The summed E-state index contributed by atoms with van der Waals surface area (Å²) in [6, 6.07) is 9.59. The van der Waals surface area contributed by atoms with Crippen molar-refractivity contribution >= 4 is 12.0 Å². The summed E-state index contributed by atoms with van der Waals surface area (Å²) >= 11 is 0. The summed E-state index contributed by atoms with van der Waals surface area (Å²) in [5, 5.41) is 12.1. The van der Waals surface area contributed by atoms with Crippen molar-refractivity contribution in [3.8, 4) is 0 Å². The molecule has 1 atom stereocenters. The minimum absolute atomic E-state index is 0.0218. The molecule has 0 aliphatic carbocycles. The molecule has 2 aromatic rings. The molecule has 2 N–H and O–H groups in total. The summed E-state index contributed by atoms with van der Waals surface area (Å²) in [5.74, 6) is -0.430. The number of rotatable bonds is 5. The van der Waals surface area contributed by atoms with Gasteiger partial charge < -0.3 is 19.9 Å². The predicted molar refractivity (Wildman–Crippen MR) is 92.5 cm³/mol. The number of nitrogens with zero attached hydrogens (tertiary/aromatic N) is 3. The average molecular weight is 342 g/mol. The Balaban J connectivity index is 1.60. The zero-order valence-corrected chi connectivity index (χ0v) is 14.2. The lowest BCUT2D eigenvalue weighted by Gasteiger charge is -2.27. The number of likely N-dealkylation sites (N-methyl/N-ethyl adjacent to an activating group) is 1. The van der Waals surface area contributed by atoms with Crippen LogP contribution in [-0.4, -0.2) is 45.2 Å². The molecule has 1 aromatic carbocycles. The fourth-order valence-corrected chi connectivity index (χ4v) is 3.02. The Morgan fingerprint density at radius 1 is 1.36 bits per heavy atom. The number of benzene rings is 1. The van der Waals surface area contributed by atoms with E-state index < -0.39 is 5.97 Å². The van der Waals surface area contributed by atoms with E-state index in [4.69, 9.17) is 5.11 Å². The Labute approximate surface area is 146 Å². The molecule has 132 valence electrons. The number of aromatic carboxylic acids is 1. The number of hydrogen-bond donors (Lipinski definition) is 2. The van der Waals surface area contributed by atoms with Gasteiger partial charge in [0, 0.05) is 26.3 Å². The van der Waals surface area contributed by atoms with Gasteiger partial charge in [-0.25, -0.2) is 14.6 Å². The molecule has 7 heteroatoms. The van der Waals surface area contributed by atoms with Gasteiger partial charge in [0.15, 0.2) is 5.69 Å². The third-order valence-corrected chi connectivity index (χ3v) is 4.45. The predicted octanol–water partition coefficient (Wildman–Crippen LogP) is 2.30. The lowest BCUT2D eigenvalue weighted by atomic mass is 10.1. The normalized spacial score (nSPS) is 16.1. The molecule has 2 heterocycles. The van der Waals surface area contributed by atoms with Crippen molar-refractivity contribution in [3.05, 3.63) is 53.6 Å². The number of carbonyl (C=O) groups is 2. The molecule has 3 rings (SSSR count). The van der Waals surface area contributed by atoms with Crippen molar-refractivity contribution in [2.45, 2.75) is 31.8 Å². The van der Waals surface area contributed by atoms with Crippen molar-refractivity contribution < 1.29 is 14.7 Å². The fraction of sp³-hybridized carbons (Fsp3) is 0.389. The maximum absolute atomic E-state index is 12.4. The van der Waals surface area contributed by atoms with Crippen LogP contribution in [0.2, 0.25) is 0 Å². The molecule has 1 aliphatic rings. The quantitative estimate of drug-likeness (QED) is 0.873. The van der Waals surface area contributed by atoms with Crippen LogP contribution in [0.1, 0.15) is 40.8 Å². The molecule has 0 spiro atoms. The highest BCUT2D eigenvalue weighted by atomic mass is 16.4. The van der Waals surface area contributed by atoms with Gasteiger partial charge in [-0.05, 0) is 24.8 Å². The second-order valence-corrected chi connectivity index (χ2v) is 6.28. The van der Waals surface area contributed by atoms with Gasteiger partial charge in [-0.15, -0.1) is 0 Å². The highest BCUT2D eigenvalue weighted by Crippen LogP contribution is 2.24. The van der Waals surface area contributed by atoms with Crippen LogP contribution < -0.4 is 5.32 Å². The molecular formula is C18H22N4O3. The molecule has 0 fully saturated rings. The second-order valence-electron chi connectivity index (χ2n) is 6.28. The van der Waals surface area contributed by atoms with Crippen molar-refractivity contribution in [1.29, 1.82) is 0 Å². The molecule has 1 aromatic heterocycles.